The number of likely N-dealkylation sites (tertiary alicyclic amines) is 1. The zero-order valence-corrected chi connectivity index (χ0v) is 15.2. The van der Waals surface area contributed by atoms with Crippen LogP contribution in [0, 0.1) is 34.5 Å². The van der Waals surface area contributed by atoms with Crippen LogP contribution in [0.15, 0.2) is 0 Å². The number of hydrogen-bond donors (Lipinski definition) is 1. The Morgan fingerprint density at radius 1 is 1.04 bits per heavy atom. The Morgan fingerprint density at radius 2 is 1.78 bits per heavy atom. The van der Waals surface area contributed by atoms with Gasteiger partial charge in [-0.1, -0.05) is 13.8 Å². The first-order chi connectivity index (χ1) is 10.9. The molecule has 3 saturated carbocycles. The van der Waals surface area contributed by atoms with Gasteiger partial charge in [-0.25, -0.2) is 0 Å². The lowest BCUT2D eigenvalue weighted by molar-refractivity contribution is -0.158. The van der Waals surface area contributed by atoms with Gasteiger partial charge in [-0.05, 0) is 86.0 Å². The van der Waals surface area contributed by atoms with E-state index in [2.05, 4.69) is 25.8 Å². The van der Waals surface area contributed by atoms with Crippen LogP contribution in [0.3, 0.4) is 0 Å². The highest BCUT2D eigenvalue weighted by Crippen LogP contribution is 2.65. The predicted octanol–water partition coefficient (Wildman–Crippen LogP) is 3.42. The van der Waals surface area contributed by atoms with Crippen LogP contribution in [0.1, 0.15) is 65.2 Å². The maximum Gasteiger partial charge on any atom is 0.222 e. The second-order valence-corrected chi connectivity index (χ2v) is 9.53. The normalized spacial score (nSPS) is 52.8. The first kappa shape index (κ1) is 15.9. The van der Waals surface area contributed by atoms with Crippen LogP contribution in [0.5, 0.6) is 0 Å². The van der Waals surface area contributed by atoms with E-state index in [9.17, 15) is 4.79 Å². The Labute approximate surface area is 141 Å². The number of hydrogen-bond acceptors (Lipinski definition) is 2. The summed E-state index contributed by atoms with van der Waals surface area (Å²) in [6, 6.07) is 0.487. The molecule has 3 nitrogen and oxygen atoms in total. The van der Waals surface area contributed by atoms with Crippen molar-refractivity contribution in [3.05, 3.63) is 0 Å². The number of nitrogens with two attached hydrogens (primary N) is 1. The summed E-state index contributed by atoms with van der Waals surface area (Å²) in [7, 11) is 2.05. The van der Waals surface area contributed by atoms with E-state index < -0.39 is 0 Å². The van der Waals surface area contributed by atoms with Gasteiger partial charge in [0.15, 0.2) is 0 Å². The van der Waals surface area contributed by atoms with Crippen molar-refractivity contribution in [2.45, 2.75) is 71.3 Å². The SMILES string of the molecule is CN1C(=O)CC[C@]2(C)[C@H]3CC[C@]4(C)C(CN)CC[C@H]4[C@@H]3CC[C@@H]12. The predicted molar refractivity (Wildman–Crippen MR) is 92.7 cm³/mol. The topological polar surface area (TPSA) is 46.3 Å². The lowest BCUT2D eigenvalue weighted by Gasteiger charge is -2.61. The van der Waals surface area contributed by atoms with Crippen LogP contribution in [0.2, 0.25) is 0 Å². The maximum absolute atomic E-state index is 12.2. The second kappa shape index (κ2) is 5.21. The molecule has 0 aromatic heterocycles. The quantitative estimate of drug-likeness (QED) is 0.805. The molecule has 3 heteroatoms. The van der Waals surface area contributed by atoms with Gasteiger partial charge in [-0.3, -0.25) is 4.79 Å². The highest BCUT2D eigenvalue weighted by Gasteiger charge is 2.60. The van der Waals surface area contributed by atoms with Gasteiger partial charge in [0.25, 0.3) is 0 Å². The van der Waals surface area contributed by atoms with Gasteiger partial charge in [0.1, 0.15) is 0 Å². The Morgan fingerprint density at radius 3 is 2.52 bits per heavy atom. The summed E-state index contributed by atoms with van der Waals surface area (Å²) in [5.74, 6) is 3.71. The fourth-order valence-corrected chi connectivity index (χ4v) is 7.65. The summed E-state index contributed by atoms with van der Waals surface area (Å²) < 4.78 is 0. The van der Waals surface area contributed by atoms with Crippen LogP contribution in [-0.4, -0.2) is 30.4 Å². The molecule has 0 radical (unpaired) electrons. The standard InChI is InChI=1S/C20H34N2O/c1-19-10-8-16-14(15(19)6-4-13(19)12-21)5-7-17-20(16,2)11-9-18(23)22(17)3/h13-17H,4-12,21H2,1-3H3/t13?,14-,15-,16-,17+,19+,20+/m0/s1. The molecule has 2 N–H and O–H groups in total. The highest BCUT2D eigenvalue weighted by molar-refractivity contribution is 5.77. The van der Waals surface area contributed by atoms with Crippen molar-refractivity contribution in [1.82, 2.24) is 4.90 Å². The molecule has 0 bridgehead atoms. The minimum Gasteiger partial charge on any atom is -0.342 e. The van der Waals surface area contributed by atoms with Crippen molar-refractivity contribution in [3.63, 3.8) is 0 Å². The van der Waals surface area contributed by atoms with Crippen molar-refractivity contribution in [2.75, 3.05) is 13.6 Å². The van der Waals surface area contributed by atoms with Crippen molar-refractivity contribution < 1.29 is 4.79 Å². The second-order valence-electron chi connectivity index (χ2n) is 9.53. The number of fused-ring (bicyclic) bond motifs is 5. The average molecular weight is 319 g/mol. The fourth-order valence-electron chi connectivity index (χ4n) is 7.65. The van der Waals surface area contributed by atoms with Gasteiger partial charge in [0, 0.05) is 19.5 Å². The minimum atomic E-state index is 0.355. The molecule has 1 saturated heterocycles. The summed E-state index contributed by atoms with van der Waals surface area (Å²) in [6.07, 6.45) is 9.91. The van der Waals surface area contributed by atoms with Crippen molar-refractivity contribution >= 4 is 5.91 Å². The van der Waals surface area contributed by atoms with Crippen LogP contribution in [-0.2, 0) is 4.79 Å². The molecule has 0 spiro atoms. The molecule has 4 fully saturated rings. The molecule has 1 unspecified atom stereocenters. The molecular formula is C20H34N2O. The van der Waals surface area contributed by atoms with Gasteiger partial charge in [0.05, 0.1) is 0 Å². The Hall–Kier alpha value is -0.570. The van der Waals surface area contributed by atoms with Crippen LogP contribution >= 0.6 is 0 Å². The summed E-state index contributed by atoms with van der Waals surface area (Å²) in [5, 5.41) is 0. The van der Waals surface area contributed by atoms with E-state index in [1.54, 1.807) is 0 Å². The van der Waals surface area contributed by atoms with E-state index in [0.717, 1.165) is 43.1 Å². The molecule has 4 rings (SSSR count). The van der Waals surface area contributed by atoms with Crippen molar-refractivity contribution in [3.8, 4) is 0 Å². The zero-order chi connectivity index (χ0) is 16.4. The van der Waals surface area contributed by atoms with Gasteiger partial charge in [-0.2, -0.15) is 0 Å². The molecule has 23 heavy (non-hydrogen) atoms. The van der Waals surface area contributed by atoms with E-state index >= 15 is 0 Å². The molecule has 7 atom stereocenters. The zero-order valence-electron chi connectivity index (χ0n) is 15.2. The Bertz CT molecular complexity index is 506. The first-order valence-corrected chi connectivity index (χ1v) is 9.87. The molecule has 0 aromatic rings. The van der Waals surface area contributed by atoms with E-state index in [-0.39, 0.29) is 0 Å². The van der Waals surface area contributed by atoms with E-state index in [4.69, 9.17) is 5.73 Å². The minimum absolute atomic E-state index is 0.355. The third-order valence-electron chi connectivity index (χ3n) is 9.04. The molecule has 1 aliphatic heterocycles. The van der Waals surface area contributed by atoms with Gasteiger partial charge in [0.2, 0.25) is 5.91 Å². The summed E-state index contributed by atoms with van der Waals surface area (Å²) >= 11 is 0. The van der Waals surface area contributed by atoms with Gasteiger partial charge in [-0.15, -0.1) is 0 Å². The third-order valence-corrected chi connectivity index (χ3v) is 9.04. The van der Waals surface area contributed by atoms with E-state index in [0.29, 0.717) is 22.8 Å². The number of amides is 1. The Kier molecular flexibility index (Phi) is 3.61. The third kappa shape index (κ3) is 2.01. The molecule has 130 valence electrons. The molecule has 1 heterocycles. The van der Waals surface area contributed by atoms with Gasteiger partial charge >= 0.3 is 0 Å². The molecular weight excluding hydrogens is 284 g/mol. The molecule has 0 aromatic carbocycles. The maximum atomic E-state index is 12.2. The summed E-state index contributed by atoms with van der Waals surface area (Å²) in [4.78, 5) is 14.3. The molecule has 3 aliphatic carbocycles. The van der Waals surface area contributed by atoms with Crippen LogP contribution < -0.4 is 5.73 Å². The summed E-state index contributed by atoms with van der Waals surface area (Å²) in [5.41, 5.74) is 6.97. The first-order valence-electron chi connectivity index (χ1n) is 9.87. The number of carbonyl (C=O) groups is 1. The number of piperidine rings is 1. The number of nitrogens with zero attached hydrogens (tertiary/aromatic N) is 1. The number of carbonyl (C=O) groups excluding carboxylic acids is 1. The smallest absolute Gasteiger partial charge is 0.222 e. The Balaban J connectivity index is 1.64. The average Bonchev–Trinajstić information content (AvgIpc) is 2.88. The van der Waals surface area contributed by atoms with Crippen molar-refractivity contribution in [2.24, 2.45) is 40.2 Å². The van der Waals surface area contributed by atoms with Crippen molar-refractivity contribution in [1.29, 1.82) is 0 Å². The van der Waals surface area contributed by atoms with E-state index in [1.165, 1.54) is 38.5 Å². The van der Waals surface area contributed by atoms with Gasteiger partial charge < -0.3 is 10.6 Å². The van der Waals surface area contributed by atoms with E-state index in [1.807, 2.05) is 0 Å². The van der Waals surface area contributed by atoms with Crippen LogP contribution in [0.4, 0.5) is 0 Å². The lowest BCUT2D eigenvalue weighted by Crippen LogP contribution is -2.61. The fraction of sp³-hybridized carbons (Fsp3) is 0.950. The monoisotopic (exact) mass is 318 g/mol. The summed E-state index contributed by atoms with van der Waals surface area (Å²) in [6.45, 7) is 5.93. The molecule has 4 aliphatic rings. The highest BCUT2D eigenvalue weighted by atomic mass is 16.2. The van der Waals surface area contributed by atoms with Crippen LogP contribution in [0.25, 0.3) is 0 Å². The number of rotatable bonds is 1. The lowest BCUT2D eigenvalue weighted by atomic mass is 9.47. The molecule has 1 amide bonds. The largest absolute Gasteiger partial charge is 0.342 e.